The van der Waals surface area contributed by atoms with Crippen molar-refractivity contribution in [3.05, 3.63) is 43.4 Å². The first-order chi connectivity index (χ1) is 44.1. The summed E-state index contributed by atoms with van der Waals surface area (Å²) in [6, 6.07) is 0. The zero-order valence-corrected chi connectivity index (χ0v) is 60.4. The molecule has 0 bridgehead atoms. The second-order valence-corrected chi connectivity index (χ2v) is 24.4. The summed E-state index contributed by atoms with van der Waals surface area (Å²) in [4.78, 5) is 85.4. The molecule has 548 valence electrons. The Bertz CT molecular complexity index is 2000. The third kappa shape index (κ3) is 49.4. The van der Waals surface area contributed by atoms with Crippen LogP contribution < -0.4 is 0 Å². The van der Waals surface area contributed by atoms with Gasteiger partial charge in [-0.15, -0.1) is 0 Å². The van der Waals surface area contributed by atoms with Crippen LogP contribution in [-0.2, 0) is 124 Å². The highest BCUT2D eigenvalue weighted by atomic mass is 16.7. The Hall–Kier alpha value is -5.10. The van der Waals surface area contributed by atoms with Gasteiger partial charge in [-0.05, 0) is 115 Å². The van der Waals surface area contributed by atoms with Gasteiger partial charge in [0.25, 0.3) is 0 Å². The maximum Gasteiger partial charge on any atom is 0.333 e. The summed E-state index contributed by atoms with van der Waals surface area (Å²) in [5.74, 6) is -4.05. The van der Waals surface area contributed by atoms with E-state index in [9.17, 15) is 33.6 Å². The first-order valence-electron chi connectivity index (χ1n) is 32.0. The van der Waals surface area contributed by atoms with Crippen molar-refractivity contribution in [3.8, 4) is 0 Å². The quantitative estimate of drug-likeness (QED) is 0.0138. The van der Waals surface area contributed by atoms with Gasteiger partial charge in [0, 0.05) is 45.0 Å². The topological polar surface area (TPSA) is 295 Å². The van der Waals surface area contributed by atoms with Gasteiger partial charge >= 0.3 is 47.6 Å². The average Bonchev–Trinajstić information content (AvgIpc) is 0.901. The second-order valence-electron chi connectivity index (χ2n) is 24.4. The molecule has 0 fully saturated rings. The van der Waals surface area contributed by atoms with Crippen molar-refractivity contribution in [1.29, 1.82) is 0 Å². The zero-order chi connectivity index (χ0) is 72.1. The van der Waals surface area contributed by atoms with E-state index in [2.05, 4.69) is 26.7 Å². The molecule has 0 aromatic heterocycles. The third-order valence-electron chi connectivity index (χ3n) is 13.6. The maximum absolute atomic E-state index is 13.1. The summed E-state index contributed by atoms with van der Waals surface area (Å²) >= 11 is 0. The predicted octanol–water partition coefficient (Wildman–Crippen LogP) is 8.35. The van der Waals surface area contributed by atoms with Gasteiger partial charge < -0.3 is 90.0 Å². The molecule has 0 aliphatic carbocycles. The zero-order valence-electron chi connectivity index (χ0n) is 60.4. The summed E-state index contributed by atoms with van der Waals surface area (Å²) in [7, 11) is 4.83. The van der Waals surface area contributed by atoms with E-state index < -0.39 is 56.9 Å². The van der Waals surface area contributed by atoms with Crippen LogP contribution in [0.1, 0.15) is 135 Å². The van der Waals surface area contributed by atoms with E-state index in [0.717, 1.165) is 0 Å². The van der Waals surface area contributed by atoms with Gasteiger partial charge in [-0.25, -0.2) is 14.4 Å². The summed E-state index contributed by atoms with van der Waals surface area (Å²) in [5.41, 5.74) is -3.17. The molecular weight excluding hydrogens is 1230 g/mol. The number of carbonyl (C=O) groups excluding carboxylic acids is 7. The van der Waals surface area contributed by atoms with Gasteiger partial charge in [0.15, 0.2) is 0 Å². The van der Waals surface area contributed by atoms with Gasteiger partial charge in [0.2, 0.25) is 0 Å². The van der Waals surface area contributed by atoms with Crippen molar-refractivity contribution in [2.45, 2.75) is 147 Å². The highest BCUT2D eigenvalue weighted by Crippen LogP contribution is 2.40. The minimum Gasteiger partial charge on any atom is -0.465 e. The summed E-state index contributed by atoms with van der Waals surface area (Å²) in [6.45, 7) is 46.6. The largest absolute Gasteiger partial charge is 0.465 e. The van der Waals surface area contributed by atoms with E-state index >= 15 is 0 Å². The lowest BCUT2D eigenvalue weighted by Crippen LogP contribution is -2.39. The lowest BCUT2D eigenvalue weighted by Gasteiger charge is -2.34. The second kappa shape index (κ2) is 54.0. The van der Waals surface area contributed by atoms with Crippen molar-refractivity contribution in [3.63, 3.8) is 0 Å². The molecule has 2 unspecified atom stereocenters. The van der Waals surface area contributed by atoms with Crippen molar-refractivity contribution in [1.82, 2.24) is 0 Å². The Morgan fingerprint density at radius 3 is 0.872 bits per heavy atom. The van der Waals surface area contributed by atoms with Crippen molar-refractivity contribution in [2.24, 2.45) is 21.7 Å². The molecule has 0 aliphatic rings. The monoisotopic (exact) mass is 1350 g/mol. The molecule has 94 heavy (non-hydrogen) atoms. The fourth-order valence-electron chi connectivity index (χ4n) is 7.87. The normalized spacial score (nSPS) is 12.9. The van der Waals surface area contributed by atoms with Crippen molar-refractivity contribution < 1.29 is 124 Å². The fraction of sp³-hybridized carbons (Fsp3) is 0.794. The van der Waals surface area contributed by atoms with E-state index in [-0.39, 0.29) is 110 Å². The molecule has 0 aromatic carbocycles. The van der Waals surface area contributed by atoms with Gasteiger partial charge in [-0.2, -0.15) is 0 Å². The summed E-state index contributed by atoms with van der Waals surface area (Å²) in [6.07, 6.45) is 2.62. The molecule has 0 radical (unpaired) electrons. The van der Waals surface area contributed by atoms with E-state index in [1.165, 1.54) is 0 Å². The Morgan fingerprint density at radius 1 is 0.330 bits per heavy atom. The van der Waals surface area contributed by atoms with Gasteiger partial charge in [-0.3, -0.25) is 19.2 Å². The molecule has 0 spiro atoms. The van der Waals surface area contributed by atoms with Gasteiger partial charge in [-0.1, -0.05) is 33.6 Å². The van der Waals surface area contributed by atoms with Crippen LogP contribution in [0.2, 0.25) is 0 Å². The van der Waals surface area contributed by atoms with Crippen LogP contribution in [0.15, 0.2) is 36.5 Å². The Balaban J connectivity index is -0.00000180. The number of hydrogen-bond donors (Lipinski definition) is 0. The maximum atomic E-state index is 13.1. The third-order valence-corrected chi connectivity index (χ3v) is 13.6. The fourth-order valence-corrected chi connectivity index (χ4v) is 7.87. The number of ether oxygens (including phenoxy) is 19. The number of hydrogen-bond acceptors (Lipinski definition) is 26. The van der Waals surface area contributed by atoms with Crippen molar-refractivity contribution >= 4 is 41.8 Å². The number of esters is 7. The van der Waals surface area contributed by atoms with E-state index in [4.69, 9.17) is 90.0 Å². The lowest BCUT2D eigenvalue weighted by atomic mass is 9.72. The molecule has 26 nitrogen and oxygen atoms in total. The van der Waals surface area contributed by atoms with Crippen LogP contribution in [0.25, 0.3) is 0 Å². The Labute approximate surface area is 561 Å². The molecule has 0 rings (SSSR count). The van der Waals surface area contributed by atoms with E-state index in [1.807, 2.05) is 27.7 Å². The molecule has 0 N–H and O–H groups in total. The molecule has 2 atom stereocenters. The first-order valence-corrected chi connectivity index (χ1v) is 32.0. The minimum atomic E-state index is -1.12. The van der Waals surface area contributed by atoms with Gasteiger partial charge in [0.1, 0.15) is 46.6 Å². The Morgan fingerprint density at radius 2 is 0.574 bits per heavy atom. The van der Waals surface area contributed by atoms with Gasteiger partial charge in [0.05, 0.1) is 153 Å². The molecule has 0 heterocycles. The molecule has 0 saturated carbocycles. The van der Waals surface area contributed by atoms with Crippen LogP contribution in [-0.4, -0.2) is 240 Å². The molecule has 26 heteroatoms. The number of carbonyl (C=O) groups is 7. The first kappa shape index (κ1) is 93.1. The molecule has 0 aliphatic heterocycles. The SMILES string of the molecule is C=C(C)C(=O)OCCOC([CH2+])(C)OCCOC(=O)C(=C)C.C=C(C)C(=O)OCCOCCOCCOC.CCC(C)(CC(C)(C)C(=O)OCCCC(C)(C)OCCOC(=O)C(C)(C)CC(C)(CC)C(=O)OCCOCCOCCOC)C(=O)OCCOCCOCCOC. The number of rotatable bonds is 56. The standard InChI is InChI=1S/C42H78O15.C15H23O6.C11H20O5/c1-13-41(9,36(45)55-28-26-51-24-22-49-20-18-47-11)32-38(3,4)34(43)53-17-15-16-40(7,8)57-31-30-54-35(44)39(5,6)33-42(10,14-2)37(46)56-29-27-52-25-23-50-21-19-48-12;1-11(2)13(16)18-7-9-20-15(5,6)21-10-8-19-14(17)12(3)4;1-10(2)11(12)16-9-8-15-7-6-14-5-4-13-3/h13-33H2,1-12H3;1,3,5,7-10H2,2,4,6H3;1,4-9H2,2-3H3/q;+1;. The van der Waals surface area contributed by atoms with Crippen LogP contribution >= 0.6 is 0 Å². The summed E-state index contributed by atoms with van der Waals surface area (Å²) < 4.78 is 100.0. The van der Waals surface area contributed by atoms with E-state index in [1.54, 1.807) is 90.6 Å². The van der Waals surface area contributed by atoms with E-state index in [0.29, 0.717) is 128 Å². The average molecular weight is 1350 g/mol. The molecular formula is C68H121O26+. The number of methoxy groups -OCH3 is 3. The predicted molar refractivity (Wildman–Crippen MR) is 350 cm³/mol. The van der Waals surface area contributed by atoms with Crippen molar-refractivity contribution in [2.75, 3.05) is 187 Å². The van der Waals surface area contributed by atoms with Crippen LogP contribution in [0.4, 0.5) is 0 Å². The molecule has 0 amide bonds. The summed E-state index contributed by atoms with van der Waals surface area (Å²) in [5, 5.41) is 0. The van der Waals surface area contributed by atoms with Crippen LogP contribution in [0.5, 0.6) is 0 Å². The van der Waals surface area contributed by atoms with Crippen LogP contribution in [0, 0.1) is 28.6 Å². The Kier molecular flexibility index (Phi) is 53.4. The smallest absolute Gasteiger partial charge is 0.333 e. The molecule has 0 aromatic rings. The highest BCUT2D eigenvalue weighted by Gasteiger charge is 2.44. The minimum absolute atomic E-state index is 0.0462. The van der Waals surface area contributed by atoms with Crippen LogP contribution in [0.3, 0.4) is 0 Å². The highest BCUT2D eigenvalue weighted by molar-refractivity contribution is 5.88. The molecule has 0 saturated heterocycles. The lowest BCUT2D eigenvalue weighted by molar-refractivity contribution is -0.206.